The summed E-state index contributed by atoms with van der Waals surface area (Å²) in [4.78, 5) is 18.2. The van der Waals surface area contributed by atoms with Crippen molar-refractivity contribution in [2.75, 3.05) is 20.1 Å². The molecule has 2 N–H and O–H groups in total. The summed E-state index contributed by atoms with van der Waals surface area (Å²) < 4.78 is 1.82. The average Bonchev–Trinajstić information content (AvgIpc) is 3.38. The van der Waals surface area contributed by atoms with Gasteiger partial charge in [0.05, 0.1) is 17.4 Å². The summed E-state index contributed by atoms with van der Waals surface area (Å²) in [6.07, 6.45) is 10.5. The van der Waals surface area contributed by atoms with E-state index in [4.69, 9.17) is 0 Å². The number of benzene rings is 1. The SMILES string of the molecule is CC(NC(=O)c1c[nH]cc1-c1cnn(-c2ccccc2)c1)C1=CCN(C)CC1. The van der Waals surface area contributed by atoms with Gasteiger partial charge in [0, 0.05) is 48.8 Å². The van der Waals surface area contributed by atoms with Crippen LogP contribution in [0.15, 0.2) is 66.8 Å². The maximum Gasteiger partial charge on any atom is 0.253 e. The molecule has 0 radical (unpaired) electrons. The van der Waals surface area contributed by atoms with Crippen LogP contribution in [0, 0.1) is 0 Å². The first kappa shape index (κ1) is 18.3. The summed E-state index contributed by atoms with van der Waals surface area (Å²) in [5.41, 5.74) is 4.66. The highest BCUT2D eigenvalue weighted by atomic mass is 16.1. The Morgan fingerprint density at radius 1 is 1.25 bits per heavy atom. The van der Waals surface area contributed by atoms with Gasteiger partial charge in [0.25, 0.3) is 5.91 Å². The van der Waals surface area contributed by atoms with Crippen LogP contribution in [0.5, 0.6) is 0 Å². The molecule has 1 aromatic carbocycles. The van der Waals surface area contributed by atoms with Crippen LogP contribution < -0.4 is 5.32 Å². The number of carbonyl (C=O) groups excluding carboxylic acids is 1. The first-order chi connectivity index (χ1) is 13.6. The predicted octanol–water partition coefficient (Wildman–Crippen LogP) is 3.25. The van der Waals surface area contributed by atoms with Gasteiger partial charge in [0.15, 0.2) is 0 Å². The van der Waals surface area contributed by atoms with Crippen molar-refractivity contribution in [1.82, 2.24) is 25.0 Å². The monoisotopic (exact) mass is 375 g/mol. The van der Waals surface area contributed by atoms with Gasteiger partial charge in [0.1, 0.15) is 0 Å². The molecule has 1 amide bonds. The molecule has 3 heterocycles. The summed E-state index contributed by atoms with van der Waals surface area (Å²) in [7, 11) is 2.11. The number of H-pyrrole nitrogens is 1. The Morgan fingerprint density at radius 2 is 2.07 bits per heavy atom. The molecule has 0 aliphatic carbocycles. The number of para-hydroxylation sites is 1. The molecular formula is C22H25N5O. The van der Waals surface area contributed by atoms with Gasteiger partial charge in [-0.05, 0) is 38.1 Å². The molecule has 0 bridgehead atoms. The highest BCUT2D eigenvalue weighted by Crippen LogP contribution is 2.24. The molecular weight excluding hydrogens is 350 g/mol. The summed E-state index contributed by atoms with van der Waals surface area (Å²) in [5.74, 6) is -0.0731. The third-order valence-electron chi connectivity index (χ3n) is 5.26. The summed E-state index contributed by atoms with van der Waals surface area (Å²) in [6.45, 7) is 4.01. The zero-order chi connectivity index (χ0) is 19.5. The Kier molecular flexibility index (Phi) is 5.12. The zero-order valence-electron chi connectivity index (χ0n) is 16.2. The minimum atomic E-state index is -0.0731. The molecule has 0 fully saturated rings. The largest absolute Gasteiger partial charge is 0.366 e. The second kappa shape index (κ2) is 7.86. The lowest BCUT2D eigenvalue weighted by Crippen LogP contribution is -2.37. The minimum Gasteiger partial charge on any atom is -0.366 e. The van der Waals surface area contributed by atoms with Crippen LogP contribution in [0.25, 0.3) is 16.8 Å². The number of nitrogens with one attached hydrogen (secondary N) is 2. The molecule has 0 saturated heterocycles. The van der Waals surface area contributed by atoms with Crippen molar-refractivity contribution in [2.45, 2.75) is 19.4 Å². The number of aromatic nitrogens is 3. The van der Waals surface area contributed by atoms with Crippen molar-refractivity contribution in [3.8, 4) is 16.8 Å². The van der Waals surface area contributed by atoms with Gasteiger partial charge in [-0.1, -0.05) is 24.3 Å². The van der Waals surface area contributed by atoms with Gasteiger partial charge < -0.3 is 15.2 Å². The van der Waals surface area contributed by atoms with Crippen LogP contribution in [0.1, 0.15) is 23.7 Å². The van der Waals surface area contributed by atoms with Gasteiger partial charge in [-0.25, -0.2) is 4.68 Å². The Morgan fingerprint density at radius 3 is 2.82 bits per heavy atom. The molecule has 0 saturated carbocycles. The van der Waals surface area contributed by atoms with Crippen molar-refractivity contribution >= 4 is 5.91 Å². The van der Waals surface area contributed by atoms with Crippen molar-refractivity contribution in [3.05, 3.63) is 72.3 Å². The number of nitrogens with zero attached hydrogens (tertiary/aromatic N) is 3. The Labute approximate surface area is 164 Å². The Balaban J connectivity index is 1.51. The smallest absolute Gasteiger partial charge is 0.253 e. The topological polar surface area (TPSA) is 66.0 Å². The number of rotatable bonds is 5. The van der Waals surface area contributed by atoms with Crippen LogP contribution in [0.3, 0.4) is 0 Å². The van der Waals surface area contributed by atoms with Crippen molar-refractivity contribution in [1.29, 1.82) is 0 Å². The van der Waals surface area contributed by atoms with E-state index >= 15 is 0 Å². The van der Waals surface area contributed by atoms with Crippen molar-refractivity contribution < 1.29 is 4.79 Å². The van der Waals surface area contributed by atoms with E-state index in [2.05, 4.69) is 40.3 Å². The highest BCUT2D eigenvalue weighted by molar-refractivity contribution is 6.01. The maximum atomic E-state index is 12.9. The highest BCUT2D eigenvalue weighted by Gasteiger charge is 2.20. The summed E-state index contributed by atoms with van der Waals surface area (Å²) >= 11 is 0. The van der Waals surface area contributed by atoms with Crippen molar-refractivity contribution in [3.63, 3.8) is 0 Å². The van der Waals surface area contributed by atoms with Gasteiger partial charge in [-0.2, -0.15) is 5.10 Å². The van der Waals surface area contributed by atoms with Crippen LogP contribution in [-0.2, 0) is 0 Å². The average molecular weight is 375 g/mol. The fourth-order valence-electron chi connectivity index (χ4n) is 3.52. The number of carbonyl (C=O) groups is 1. The molecule has 1 aliphatic rings. The van der Waals surface area contributed by atoms with Gasteiger partial charge in [-0.3, -0.25) is 4.79 Å². The molecule has 0 spiro atoms. The lowest BCUT2D eigenvalue weighted by Gasteiger charge is -2.26. The quantitative estimate of drug-likeness (QED) is 0.673. The molecule has 1 unspecified atom stereocenters. The van der Waals surface area contributed by atoms with E-state index in [1.165, 1.54) is 5.57 Å². The van der Waals surface area contributed by atoms with Crippen LogP contribution >= 0.6 is 0 Å². The van der Waals surface area contributed by atoms with Gasteiger partial charge >= 0.3 is 0 Å². The Hall–Kier alpha value is -3.12. The standard InChI is InChI=1S/C22H25N5O/c1-16(17-8-10-26(2)11-9-17)25-22(28)21-14-23-13-20(21)18-12-24-27(15-18)19-6-4-3-5-7-19/h3-8,12-16,23H,9-11H2,1-2H3,(H,25,28). The number of likely N-dealkylation sites (N-methyl/N-ethyl adjacent to an activating group) is 1. The molecule has 6 nitrogen and oxygen atoms in total. The van der Waals surface area contributed by atoms with E-state index in [9.17, 15) is 4.79 Å². The minimum absolute atomic E-state index is 0.0241. The summed E-state index contributed by atoms with van der Waals surface area (Å²) in [5, 5.41) is 7.58. The molecule has 1 atom stereocenters. The van der Waals surface area contributed by atoms with E-state index in [0.29, 0.717) is 5.56 Å². The second-order valence-electron chi connectivity index (χ2n) is 7.28. The summed E-state index contributed by atoms with van der Waals surface area (Å²) in [6, 6.07) is 9.95. The number of amides is 1. The third kappa shape index (κ3) is 3.77. The number of aromatic amines is 1. The molecule has 4 rings (SSSR count). The first-order valence-electron chi connectivity index (χ1n) is 9.57. The van der Waals surface area contributed by atoms with Gasteiger partial charge in [-0.15, -0.1) is 0 Å². The van der Waals surface area contributed by atoms with E-state index in [-0.39, 0.29) is 11.9 Å². The van der Waals surface area contributed by atoms with Gasteiger partial charge in [0.2, 0.25) is 0 Å². The van der Waals surface area contributed by atoms with Crippen LogP contribution in [0.2, 0.25) is 0 Å². The fourth-order valence-corrected chi connectivity index (χ4v) is 3.52. The molecule has 1 aliphatic heterocycles. The van der Waals surface area contributed by atoms with Crippen LogP contribution in [0.4, 0.5) is 0 Å². The second-order valence-corrected chi connectivity index (χ2v) is 7.28. The number of hydrogen-bond donors (Lipinski definition) is 2. The lowest BCUT2D eigenvalue weighted by atomic mass is 10.0. The number of hydrogen-bond acceptors (Lipinski definition) is 3. The maximum absolute atomic E-state index is 12.9. The normalized spacial score (nSPS) is 15.9. The van der Waals surface area contributed by atoms with E-state index in [1.807, 2.05) is 47.4 Å². The predicted molar refractivity (Wildman–Crippen MR) is 110 cm³/mol. The molecule has 28 heavy (non-hydrogen) atoms. The van der Waals surface area contributed by atoms with E-state index in [0.717, 1.165) is 36.3 Å². The molecule has 6 heteroatoms. The zero-order valence-corrected chi connectivity index (χ0v) is 16.2. The molecule has 3 aromatic rings. The molecule has 2 aromatic heterocycles. The third-order valence-corrected chi connectivity index (χ3v) is 5.26. The fraction of sp³-hybridized carbons (Fsp3) is 0.273. The van der Waals surface area contributed by atoms with Crippen molar-refractivity contribution in [2.24, 2.45) is 0 Å². The Bertz CT molecular complexity index is 985. The molecule has 144 valence electrons. The van der Waals surface area contributed by atoms with E-state index in [1.54, 1.807) is 12.4 Å². The van der Waals surface area contributed by atoms with E-state index < -0.39 is 0 Å². The van der Waals surface area contributed by atoms with Crippen LogP contribution in [-0.4, -0.2) is 51.8 Å². The first-order valence-corrected chi connectivity index (χ1v) is 9.57. The lowest BCUT2D eigenvalue weighted by molar-refractivity contribution is 0.0945.